The molecule has 0 bridgehead atoms. The maximum Gasteiger partial charge on any atom is 0.306 e. The number of esters is 5. The molecule has 12 nitrogen and oxygen atoms in total. The predicted molar refractivity (Wildman–Crippen MR) is 229 cm³/mol. The lowest BCUT2D eigenvalue weighted by molar-refractivity contribution is -0.181. The number of rotatable bonds is 37. The summed E-state index contributed by atoms with van der Waals surface area (Å²) in [4.78, 5) is 62.1. The van der Waals surface area contributed by atoms with Gasteiger partial charge in [0.2, 0.25) is 0 Å². The minimum atomic E-state index is -1.32. The summed E-state index contributed by atoms with van der Waals surface area (Å²) in [6.45, 7) is 12.0. The van der Waals surface area contributed by atoms with E-state index in [1.807, 2.05) is 0 Å². The summed E-state index contributed by atoms with van der Waals surface area (Å²) in [5.74, 6) is -2.42. The average molecular weight is 841 g/mol. The second-order valence-electron chi connectivity index (χ2n) is 16.8. The van der Waals surface area contributed by atoms with Crippen molar-refractivity contribution < 1.29 is 57.1 Å². The Kier molecular flexibility index (Phi) is 32.1. The zero-order valence-electron chi connectivity index (χ0n) is 38.2. The van der Waals surface area contributed by atoms with Crippen LogP contribution in [-0.4, -0.2) is 86.3 Å². The summed E-state index contributed by atoms with van der Waals surface area (Å²) in [6, 6.07) is 0. The van der Waals surface area contributed by atoms with Crippen LogP contribution in [0.15, 0.2) is 0 Å². The molecule has 0 aromatic rings. The Morgan fingerprint density at radius 2 is 0.831 bits per heavy atom. The third kappa shape index (κ3) is 27.7. The minimum absolute atomic E-state index is 0.0468. The molecule has 0 N–H and O–H groups in total. The summed E-state index contributed by atoms with van der Waals surface area (Å²) in [5.41, 5.74) is 0. The van der Waals surface area contributed by atoms with Crippen molar-refractivity contribution in [3.63, 3.8) is 0 Å². The third-order valence-corrected chi connectivity index (χ3v) is 10.9. The van der Waals surface area contributed by atoms with Gasteiger partial charge in [0.1, 0.15) is 12.2 Å². The number of hydrogen-bond donors (Lipinski definition) is 0. The Labute approximate surface area is 357 Å². The van der Waals surface area contributed by atoms with Crippen LogP contribution in [-0.2, 0) is 57.1 Å². The van der Waals surface area contributed by atoms with E-state index in [9.17, 15) is 24.0 Å². The molecule has 1 aliphatic carbocycles. The Hall–Kier alpha value is -2.73. The highest BCUT2D eigenvalue weighted by molar-refractivity contribution is 5.71. The first kappa shape index (κ1) is 54.3. The van der Waals surface area contributed by atoms with Crippen LogP contribution in [0.25, 0.3) is 0 Å². The van der Waals surface area contributed by atoms with Gasteiger partial charge in [-0.2, -0.15) is 0 Å². The molecule has 1 aliphatic rings. The van der Waals surface area contributed by atoms with E-state index in [1.54, 1.807) is 0 Å². The summed E-state index contributed by atoms with van der Waals surface area (Å²) < 4.78 is 40.2. The molecule has 0 aliphatic heterocycles. The van der Waals surface area contributed by atoms with E-state index in [0.29, 0.717) is 13.0 Å². The number of carbonyl (C=O) groups excluding carboxylic acids is 5. The Balaban J connectivity index is 2.75. The van der Waals surface area contributed by atoms with Gasteiger partial charge in [0, 0.05) is 40.7 Å². The van der Waals surface area contributed by atoms with Crippen LogP contribution in [0.1, 0.15) is 209 Å². The van der Waals surface area contributed by atoms with Gasteiger partial charge < -0.3 is 33.2 Å². The fourth-order valence-electron chi connectivity index (χ4n) is 7.81. The largest absolute Gasteiger partial charge is 0.458 e. The van der Waals surface area contributed by atoms with Gasteiger partial charge in [-0.3, -0.25) is 24.0 Å². The third-order valence-electron chi connectivity index (χ3n) is 10.9. The first-order chi connectivity index (χ1) is 28.4. The van der Waals surface area contributed by atoms with E-state index < -0.39 is 66.5 Å². The molecule has 0 saturated heterocycles. The van der Waals surface area contributed by atoms with Crippen LogP contribution in [0, 0.1) is 5.92 Å². The maximum atomic E-state index is 13.2. The molecule has 1 saturated carbocycles. The van der Waals surface area contributed by atoms with E-state index in [-0.39, 0.29) is 19.6 Å². The van der Waals surface area contributed by atoms with Crippen molar-refractivity contribution in [3.8, 4) is 0 Å². The molecule has 344 valence electrons. The zero-order valence-corrected chi connectivity index (χ0v) is 38.2. The molecule has 7 atom stereocenters. The van der Waals surface area contributed by atoms with Crippen molar-refractivity contribution in [2.75, 3.05) is 19.8 Å². The molecule has 59 heavy (non-hydrogen) atoms. The van der Waals surface area contributed by atoms with Crippen LogP contribution < -0.4 is 0 Å². The fraction of sp³-hybridized carbons (Fsp3) is 0.894. The summed E-state index contributed by atoms with van der Waals surface area (Å²) in [7, 11) is 0. The molecular formula is C47H84O12. The van der Waals surface area contributed by atoms with Crippen LogP contribution in [0.3, 0.4) is 0 Å². The van der Waals surface area contributed by atoms with Crippen molar-refractivity contribution in [1.29, 1.82) is 0 Å². The van der Waals surface area contributed by atoms with Crippen molar-refractivity contribution in [3.05, 3.63) is 0 Å². The van der Waals surface area contributed by atoms with Crippen LogP contribution in [0.2, 0.25) is 0 Å². The van der Waals surface area contributed by atoms with Gasteiger partial charge in [-0.05, 0) is 18.8 Å². The van der Waals surface area contributed by atoms with Crippen molar-refractivity contribution >= 4 is 29.8 Å². The number of ether oxygens (including phenoxy) is 7. The Bertz CT molecular complexity index is 1130. The molecule has 12 heteroatoms. The van der Waals surface area contributed by atoms with Crippen LogP contribution in [0.4, 0.5) is 0 Å². The molecule has 1 fully saturated rings. The van der Waals surface area contributed by atoms with E-state index in [4.69, 9.17) is 33.2 Å². The van der Waals surface area contributed by atoms with Gasteiger partial charge in [-0.1, -0.05) is 162 Å². The number of carbonyl (C=O) groups is 5. The second-order valence-corrected chi connectivity index (χ2v) is 16.8. The molecular weight excluding hydrogens is 757 g/mol. The van der Waals surface area contributed by atoms with Gasteiger partial charge >= 0.3 is 29.8 Å². The summed E-state index contributed by atoms with van der Waals surface area (Å²) in [6.07, 6.45) is 21.3. The highest BCUT2D eigenvalue weighted by Crippen LogP contribution is 2.35. The molecule has 0 aromatic carbocycles. The van der Waals surface area contributed by atoms with E-state index >= 15 is 0 Å². The lowest BCUT2D eigenvalue weighted by Crippen LogP contribution is -2.43. The standard InChI is InChI=1S/C47H84O12/c1-8-10-12-14-15-16-17-18-21-24-28-32-42(52)59-45-43(44(56-38(5)49)46(57-39(6)50)47(45)58-40(7)51)54-35-41(55-37(4)48)34-53-33-29-25-22-19-20-23-27-31-36(3)30-26-13-11-9-2/h36,41,43-47H,8-35H2,1-7H3/t36?,41-,43+,44+,45+,46-,47-/m0/s1. The van der Waals surface area contributed by atoms with Gasteiger partial charge in [0.05, 0.1) is 13.2 Å². The number of hydrogen-bond acceptors (Lipinski definition) is 12. The quantitative estimate of drug-likeness (QED) is 0.0333. The molecule has 0 amide bonds. The topological polar surface area (TPSA) is 150 Å². The fourth-order valence-corrected chi connectivity index (χ4v) is 7.81. The van der Waals surface area contributed by atoms with E-state index in [1.165, 1.54) is 137 Å². The second kappa shape index (κ2) is 34.9. The monoisotopic (exact) mass is 841 g/mol. The SMILES string of the molecule is CCCCCCCCCCCCCC(=O)O[C@@H]1[C@H](OC[C@H](COCCCCCCCCCC(C)CCCCCC)OC(C)=O)[C@@H](OC(C)=O)[C@H](OC(C)=O)[C@H]1OC(C)=O. The zero-order chi connectivity index (χ0) is 43.7. The highest BCUT2D eigenvalue weighted by atomic mass is 16.7. The van der Waals surface area contributed by atoms with Crippen LogP contribution in [0.5, 0.6) is 0 Å². The molecule has 0 heterocycles. The first-order valence-corrected chi connectivity index (χ1v) is 23.5. The lowest BCUT2D eigenvalue weighted by Gasteiger charge is -2.27. The molecule has 0 aromatic heterocycles. The van der Waals surface area contributed by atoms with Crippen molar-refractivity contribution in [1.82, 2.24) is 0 Å². The normalized spacial score (nSPS) is 19.8. The molecule has 0 radical (unpaired) electrons. The lowest BCUT2D eigenvalue weighted by atomic mass is 9.96. The molecule has 1 rings (SSSR count). The average Bonchev–Trinajstić information content (AvgIpc) is 3.40. The Morgan fingerprint density at radius 3 is 1.29 bits per heavy atom. The Morgan fingerprint density at radius 1 is 0.441 bits per heavy atom. The minimum Gasteiger partial charge on any atom is -0.458 e. The number of unbranched alkanes of at least 4 members (excludes halogenated alkanes) is 19. The van der Waals surface area contributed by atoms with Crippen LogP contribution >= 0.6 is 0 Å². The predicted octanol–water partition coefficient (Wildman–Crippen LogP) is 10.5. The smallest absolute Gasteiger partial charge is 0.306 e. The van der Waals surface area contributed by atoms with Gasteiger partial charge in [0.25, 0.3) is 0 Å². The van der Waals surface area contributed by atoms with E-state index in [2.05, 4.69) is 20.8 Å². The van der Waals surface area contributed by atoms with Gasteiger partial charge in [0.15, 0.2) is 24.4 Å². The summed E-state index contributed by atoms with van der Waals surface area (Å²) >= 11 is 0. The molecule has 0 spiro atoms. The maximum absolute atomic E-state index is 13.2. The van der Waals surface area contributed by atoms with E-state index in [0.717, 1.165) is 44.4 Å². The van der Waals surface area contributed by atoms with Gasteiger partial charge in [-0.15, -0.1) is 0 Å². The van der Waals surface area contributed by atoms with Crippen molar-refractivity contribution in [2.45, 2.75) is 246 Å². The highest BCUT2D eigenvalue weighted by Gasteiger charge is 2.59. The van der Waals surface area contributed by atoms with Gasteiger partial charge in [-0.25, -0.2) is 0 Å². The summed E-state index contributed by atoms with van der Waals surface area (Å²) in [5, 5.41) is 0. The van der Waals surface area contributed by atoms with Crippen molar-refractivity contribution in [2.24, 2.45) is 5.92 Å². The molecule has 1 unspecified atom stereocenters. The first-order valence-electron chi connectivity index (χ1n) is 23.5.